The summed E-state index contributed by atoms with van der Waals surface area (Å²) >= 11 is 0. The summed E-state index contributed by atoms with van der Waals surface area (Å²) in [5, 5.41) is 0. The van der Waals surface area contributed by atoms with Crippen molar-refractivity contribution in [3.63, 3.8) is 0 Å². The van der Waals surface area contributed by atoms with Crippen LogP contribution in [0.5, 0.6) is 0 Å². The number of nitrogens with two attached hydrogens (primary N) is 1. The SMILES string of the molecule is COCCC1(CN=C(N)N2CCCCC2)CCC1.I. The summed E-state index contributed by atoms with van der Waals surface area (Å²) in [6, 6.07) is 0. The van der Waals surface area contributed by atoms with Gasteiger partial charge in [0.25, 0.3) is 0 Å². The number of methoxy groups -OCH3 is 1. The predicted molar refractivity (Wildman–Crippen MR) is 90.1 cm³/mol. The Kier molecular flexibility index (Phi) is 7.42. The van der Waals surface area contributed by atoms with Gasteiger partial charge >= 0.3 is 0 Å². The molecule has 0 aromatic carbocycles. The van der Waals surface area contributed by atoms with Crippen molar-refractivity contribution in [2.45, 2.75) is 44.9 Å². The number of aliphatic imine (C=N–C) groups is 1. The largest absolute Gasteiger partial charge is 0.385 e. The van der Waals surface area contributed by atoms with Crippen molar-refractivity contribution in [3.8, 4) is 0 Å². The van der Waals surface area contributed by atoms with Crippen LogP contribution in [0, 0.1) is 5.41 Å². The predicted octanol–water partition coefficient (Wildman–Crippen LogP) is 2.61. The standard InChI is InChI=1S/C14H27N3O.HI/c1-18-11-8-14(6-5-7-14)12-16-13(15)17-9-3-2-4-10-17;/h2-12H2,1H3,(H2,15,16);1H. The molecule has 0 unspecified atom stereocenters. The molecule has 4 nitrogen and oxygen atoms in total. The molecular formula is C14H28IN3O. The Morgan fingerprint density at radius 3 is 2.42 bits per heavy atom. The van der Waals surface area contributed by atoms with Crippen molar-refractivity contribution in [1.82, 2.24) is 4.90 Å². The van der Waals surface area contributed by atoms with Crippen molar-refractivity contribution in [2.24, 2.45) is 16.1 Å². The highest BCUT2D eigenvalue weighted by Gasteiger charge is 2.36. The van der Waals surface area contributed by atoms with E-state index in [1.54, 1.807) is 7.11 Å². The lowest BCUT2D eigenvalue weighted by Crippen LogP contribution is -2.42. The molecule has 0 aromatic rings. The minimum atomic E-state index is 0. The van der Waals surface area contributed by atoms with Crippen LogP contribution in [-0.4, -0.2) is 44.2 Å². The van der Waals surface area contributed by atoms with E-state index in [-0.39, 0.29) is 24.0 Å². The van der Waals surface area contributed by atoms with Crippen LogP contribution in [-0.2, 0) is 4.74 Å². The van der Waals surface area contributed by atoms with Gasteiger partial charge in [0.2, 0.25) is 0 Å². The molecule has 2 aliphatic rings. The Bertz CT molecular complexity index is 286. The Morgan fingerprint density at radius 1 is 1.21 bits per heavy atom. The Balaban J connectivity index is 0.00000180. The van der Waals surface area contributed by atoms with Crippen molar-refractivity contribution >= 4 is 29.9 Å². The van der Waals surface area contributed by atoms with Crippen LogP contribution in [0.2, 0.25) is 0 Å². The lowest BCUT2D eigenvalue weighted by atomic mass is 9.67. The zero-order valence-corrected chi connectivity index (χ0v) is 14.4. The van der Waals surface area contributed by atoms with Gasteiger partial charge < -0.3 is 15.4 Å². The molecule has 0 spiro atoms. The van der Waals surface area contributed by atoms with E-state index in [0.29, 0.717) is 5.41 Å². The summed E-state index contributed by atoms with van der Waals surface area (Å²) in [7, 11) is 1.78. The average Bonchev–Trinajstić information content (AvgIpc) is 2.38. The lowest BCUT2D eigenvalue weighted by molar-refractivity contribution is 0.0776. The number of hydrogen-bond acceptors (Lipinski definition) is 2. The van der Waals surface area contributed by atoms with E-state index in [0.717, 1.165) is 38.6 Å². The van der Waals surface area contributed by atoms with E-state index in [4.69, 9.17) is 10.5 Å². The highest BCUT2D eigenvalue weighted by molar-refractivity contribution is 14.0. The Morgan fingerprint density at radius 2 is 1.89 bits per heavy atom. The van der Waals surface area contributed by atoms with E-state index < -0.39 is 0 Å². The molecule has 2 rings (SSSR count). The van der Waals surface area contributed by atoms with Gasteiger partial charge in [0.1, 0.15) is 0 Å². The van der Waals surface area contributed by atoms with E-state index >= 15 is 0 Å². The van der Waals surface area contributed by atoms with Gasteiger partial charge in [-0.2, -0.15) is 0 Å². The molecular weight excluding hydrogens is 353 g/mol. The summed E-state index contributed by atoms with van der Waals surface area (Å²) in [5.74, 6) is 0.762. The van der Waals surface area contributed by atoms with Gasteiger partial charge in [0, 0.05) is 33.4 Å². The third kappa shape index (κ3) is 4.77. The van der Waals surface area contributed by atoms with Crippen LogP contribution in [0.1, 0.15) is 44.9 Å². The smallest absolute Gasteiger partial charge is 0.191 e. The third-order valence-corrected chi connectivity index (χ3v) is 4.51. The van der Waals surface area contributed by atoms with Crippen molar-refractivity contribution in [1.29, 1.82) is 0 Å². The van der Waals surface area contributed by atoms with E-state index in [2.05, 4.69) is 9.89 Å². The molecule has 1 aliphatic heterocycles. The van der Waals surface area contributed by atoms with Crippen LogP contribution in [0.25, 0.3) is 0 Å². The topological polar surface area (TPSA) is 50.9 Å². The van der Waals surface area contributed by atoms with Crippen LogP contribution < -0.4 is 5.73 Å². The zero-order chi connectivity index (χ0) is 12.8. The molecule has 1 heterocycles. The first kappa shape index (κ1) is 17.0. The quantitative estimate of drug-likeness (QED) is 0.453. The van der Waals surface area contributed by atoms with Crippen LogP contribution >= 0.6 is 24.0 Å². The summed E-state index contributed by atoms with van der Waals surface area (Å²) in [6.07, 6.45) is 8.88. The number of ether oxygens (including phenoxy) is 1. The van der Waals surface area contributed by atoms with Crippen molar-refractivity contribution in [3.05, 3.63) is 0 Å². The second-order valence-electron chi connectivity index (χ2n) is 5.82. The first-order valence-corrected chi connectivity index (χ1v) is 7.30. The molecule has 1 aliphatic carbocycles. The van der Waals surface area contributed by atoms with Crippen LogP contribution in [0.15, 0.2) is 4.99 Å². The maximum atomic E-state index is 6.11. The van der Waals surface area contributed by atoms with Crippen LogP contribution in [0.3, 0.4) is 0 Å². The highest BCUT2D eigenvalue weighted by Crippen LogP contribution is 2.44. The molecule has 1 saturated heterocycles. The van der Waals surface area contributed by atoms with Crippen LogP contribution in [0.4, 0.5) is 0 Å². The molecule has 0 atom stereocenters. The van der Waals surface area contributed by atoms with E-state index in [1.165, 1.54) is 38.5 Å². The number of nitrogens with zero attached hydrogens (tertiary/aromatic N) is 2. The van der Waals surface area contributed by atoms with E-state index in [9.17, 15) is 0 Å². The normalized spacial score (nSPS) is 22.6. The molecule has 112 valence electrons. The fourth-order valence-electron chi connectivity index (χ4n) is 2.95. The van der Waals surface area contributed by atoms with Gasteiger partial charge in [-0.1, -0.05) is 6.42 Å². The minimum absolute atomic E-state index is 0. The average molecular weight is 381 g/mol. The zero-order valence-electron chi connectivity index (χ0n) is 12.1. The number of likely N-dealkylation sites (tertiary alicyclic amines) is 1. The van der Waals surface area contributed by atoms with Gasteiger partial charge in [-0.05, 0) is 43.9 Å². The summed E-state index contributed by atoms with van der Waals surface area (Å²) in [6.45, 7) is 3.90. The maximum Gasteiger partial charge on any atom is 0.191 e. The van der Waals surface area contributed by atoms with Gasteiger partial charge in [-0.15, -0.1) is 24.0 Å². The highest BCUT2D eigenvalue weighted by atomic mass is 127. The molecule has 5 heteroatoms. The second-order valence-corrected chi connectivity index (χ2v) is 5.82. The molecule has 2 fully saturated rings. The number of halogens is 1. The first-order valence-electron chi connectivity index (χ1n) is 7.30. The molecule has 0 aromatic heterocycles. The summed E-state index contributed by atoms with van der Waals surface area (Å²) < 4.78 is 5.21. The molecule has 2 N–H and O–H groups in total. The first-order chi connectivity index (χ1) is 8.76. The van der Waals surface area contributed by atoms with Gasteiger partial charge in [0.05, 0.1) is 0 Å². The Labute approximate surface area is 134 Å². The monoisotopic (exact) mass is 381 g/mol. The molecule has 1 saturated carbocycles. The molecule has 19 heavy (non-hydrogen) atoms. The number of rotatable bonds is 5. The van der Waals surface area contributed by atoms with Gasteiger partial charge in [0.15, 0.2) is 5.96 Å². The molecule has 0 bridgehead atoms. The van der Waals surface area contributed by atoms with Crippen molar-refractivity contribution < 1.29 is 4.74 Å². The third-order valence-electron chi connectivity index (χ3n) is 4.51. The fraction of sp³-hybridized carbons (Fsp3) is 0.929. The summed E-state index contributed by atoms with van der Waals surface area (Å²) in [5.41, 5.74) is 6.49. The van der Waals surface area contributed by atoms with Crippen molar-refractivity contribution in [2.75, 3.05) is 33.4 Å². The number of piperidine rings is 1. The lowest BCUT2D eigenvalue weighted by Gasteiger charge is -2.41. The summed E-state index contributed by atoms with van der Waals surface area (Å²) in [4.78, 5) is 6.90. The minimum Gasteiger partial charge on any atom is -0.385 e. The molecule has 0 amide bonds. The fourth-order valence-corrected chi connectivity index (χ4v) is 2.95. The maximum absolute atomic E-state index is 6.11. The second kappa shape index (κ2) is 8.29. The Hall–Kier alpha value is -0.0400. The van der Waals surface area contributed by atoms with Gasteiger partial charge in [-0.25, -0.2) is 0 Å². The van der Waals surface area contributed by atoms with Gasteiger partial charge in [-0.3, -0.25) is 4.99 Å². The molecule has 0 radical (unpaired) electrons. The number of hydrogen-bond donors (Lipinski definition) is 1. The number of guanidine groups is 1. The van der Waals surface area contributed by atoms with E-state index in [1.807, 2.05) is 0 Å².